The van der Waals surface area contributed by atoms with Gasteiger partial charge in [0.2, 0.25) is 0 Å². The number of carboxylic acid groups (broad SMARTS) is 1. The lowest BCUT2D eigenvalue weighted by Gasteiger charge is -2.26. The van der Waals surface area contributed by atoms with Crippen LogP contribution in [0, 0.1) is 10.1 Å². The number of hydrogen-bond acceptors (Lipinski definition) is 5. The summed E-state index contributed by atoms with van der Waals surface area (Å²) >= 11 is 0. The Morgan fingerprint density at radius 1 is 1.58 bits per heavy atom. The normalized spacial score (nSPS) is 11.7. The summed E-state index contributed by atoms with van der Waals surface area (Å²) in [5.74, 6) is -0.836. The highest BCUT2D eigenvalue weighted by Crippen LogP contribution is 2.31. The number of benzene rings is 1. The van der Waals surface area contributed by atoms with Crippen molar-refractivity contribution in [3.05, 3.63) is 28.3 Å². The minimum Gasteiger partial charge on any atom is -0.490 e. The van der Waals surface area contributed by atoms with Crippen molar-refractivity contribution < 1.29 is 19.6 Å². The fourth-order valence-electron chi connectivity index (χ4n) is 1.83. The molecule has 0 saturated heterocycles. The van der Waals surface area contributed by atoms with Crippen molar-refractivity contribution in [2.24, 2.45) is 0 Å². The highest BCUT2D eigenvalue weighted by Gasteiger charge is 2.23. The molecule has 0 radical (unpaired) electrons. The number of nitro benzene ring substituents is 1. The van der Waals surface area contributed by atoms with Gasteiger partial charge in [0.15, 0.2) is 5.75 Å². The zero-order valence-electron chi connectivity index (χ0n) is 11.0. The van der Waals surface area contributed by atoms with Gasteiger partial charge in [0, 0.05) is 24.9 Å². The number of nitro groups is 1. The van der Waals surface area contributed by atoms with E-state index in [1.54, 1.807) is 18.9 Å². The zero-order valence-corrected chi connectivity index (χ0v) is 11.0. The monoisotopic (exact) mass is 268 g/mol. The second kappa shape index (κ2) is 6.03. The van der Waals surface area contributed by atoms with Crippen LogP contribution >= 0.6 is 0 Å². The molecule has 1 unspecified atom stereocenters. The predicted octanol–water partition coefficient (Wildman–Crippen LogP) is 1.90. The Kier molecular flexibility index (Phi) is 4.68. The quantitative estimate of drug-likeness (QED) is 0.625. The first-order chi connectivity index (χ1) is 8.92. The predicted molar refractivity (Wildman–Crippen MR) is 69.8 cm³/mol. The van der Waals surface area contributed by atoms with E-state index in [2.05, 4.69) is 0 Å². The molecule has 7 heteroatoms. The lowest BCUT2D eigenvalue weighted by atomic mass is 10.1. The number of methoxy groups -OCH3 is 1. The molecule has 0 saturated carbocycles. The maximum atomic E-state index is 11.1. The van der Waals surface area contributed by atoms with Gasteiger partial charge >= 0.3 is 11.7 Å². The van der Waals surface area contributed by atoms with Crippen molar-refractivity contribution in [3.63, 3.8) is 0 Å². The molecule has 0 spiro atoms. The molecule has 0 bridgehead atoms. The largest absolute Gasteiger partial charge is 0.490 e. The van der Waals surface area contributed by atoms with Crippen molar-refractivity contribution in [1.82, 2.24) is 0 Å². The Hall–Kier alpha value is -2.31. The number of carboxylic acids is 1. The molecule has 19 heavy (non-hydrogen) atoms. The molecular formula is C12H16N2O5. The topological polar surface area (TPSA) is 92.9 Å². The number of carbonyl (C=O) groups is 1. The summed E-state index contributed by atoms with van der Waals surface area (Å²) in [5.41, 5.74) is 0.403. The first-order valence-corrected chi connectivity index (χ1v) is 5.70. The van der Waals surface area contributed by atoms with E-state index in [-0.39, 0.29) is 11.4 Å². The lowest BCUT2D eigenvalue weighted by molar-refractivity contribution is -0.385. The number of nitrogens with zero attached hydrogens (tertiary/aromatic N) is 2. The molecule has 0 aliphatic rings. The highest BCUT2D eigenvalue weighted by molar-refractivity contribution is 5.78. The summed E-state index contributed by atoms with van der Waals surface area (Å²) in [4.78, 5) is 22.9. The fourth-order valence-corrected chi connectivity index (χ4v) is 1.83. The molecule has 104 valence electrons. The lowest BCUT2D eigenvalue weighted by Crippen LogP contribution is -2.37. The zero-order chi connectivity index (χ0) is 14.6. The van der Waals surface area contributed by atoms with Crippen molar-refractivity contribution in [1.29, 1.82) is 0 Å². The maximum absolute atomic E-state index is 11.1. The standard InChI is InChI=1S/C12H16N2O5/c1-4-9(12(15)16)13(2)8-5-6-10(14(17)18)11(7-8)19-3/h5-7,9H,4H2,1-3H3,(H,15,16). The van der Waals surface area contributed by atoms with E-state index in [0.717, 1.165) is 0 Å². The van der Waals surface area contributed by atoms with E-state index < -0.39 is 16.9 Å². The van der Waals surface area contributed by atoms with Gasteiger partial charge < -0.3 is 14.7 Å². The van der Waals surface area contributed by atoms with Crippen LogP contribution in [-0.4, -0.2) is 36.2 Å². The van der Waals surface area contributed by atoms with Gasteiger partial charge in [0.05, 0.1) is 12.0 Å². The molecule has 0 aliphatic heterocycles. The van der Waals surface area contributed by atoms with E-state index in [9.17, 15) is 14.9 Å². The van der Waals surface area contributed by atoms with E-state index in [0.29, 0.717) is 12.1 Å². The van der Waals surface area contributed by atoms with Crippen molar-refractivity contribution in [3.8, 4) is 5.75 Å². The third-order valence-corrected chi connectivity index (χ3v) is 2.91. The van der Waals surface area contributed by atoms with Crippen molar-refractivity contribution in [2.75, 3.05) is 19.1 Å². The number of rotatable bonds is 6. The Bertz CT molecular complexity index is 489. The molecule has 0 aromatic heterocycles. The number of anilines is 1. The Labute approximate surface area is 110 Å². The Balaban J connectivity index is 3.15. The van der Waals surface area contributed by atoms with Crippen LogP contribution in [0.3, 0.4) is 0 Å². The molecule has 1 aromatic carbocycles. The van der Waals surface area contributed by atoms with Gasteiger partial charge in [-0.25, -0.2) is 4.79 Å². The smallest absolute Gasteiger partial charge is 0.326 e. The van der Waals surface area contributed by atoms with E-state index in [4.69, 9.17) is 9.84 Å². The van der Waals surface area contributed by atoms with Gasteiger partial charge in [-0.05, 0) is 12.5 Å². The van der Waals surface area contributed by atoms with E-state index in [1.165, 1.54) is 25.3 Å². The number of hydrogen-bond donors (Lipinski definition) is 1. The summed E-state index contributed by atoms with van der Waals surface area (Å²) in [6.07, 6.45) is 0.422. The molecule has 0 heterocycles. The number of likely N-dealkylation sites (N-methyl/N-ethyl adjacent to an activating group) is 1. The average Bonchev–Trinajstić information content (AvgIpc) is 2.37. The third-order valence-electron chi connectivity index (χ3n) is 2.91. The Morgan fingerprint density at radius 3 is 2.63 bits per heavy atom. The summed E-state index contributed by atoms with van der Waals surface area (Å²) < 4.78 is 4.96. The first kappa shape index (κ1) is 14.7. The van der Waals surface area contributed by atoms with Crippen LogP contribution in [0.5, 0.6) is 5.75 Å². The SMILES string of the molecule is CCC(C(=O)O)N(C)c1ccc([N+](=O)[O-])c(OC)c1. The first-order valence-electron chi connectivity index (χ1n) is 5.70. The summed E-state index contributed by atoms with van der Waals surface area (Å²) in [5, 5.41) is 19.9. The van der Waals surface area contributed by atoms with Gasteiger partial charge in [0.25, 0.3) is 0 Å². The molecule has 1 rings (SSSR count). The molecular weight excluding hydrogens is 252 g/mol. The molecule has 1 N–H and O–H groups in total. The second-order valence-corrected chi connectivity index (χ2v) is 3.99. The summed E-state index contributed by atoms with van der Waals surface area (Å²) in [7, 11) is 2.96. The van der Waals surface area contributed by atoms with Crippen LogP contribution in [0.25, 0.3) is 0 Å². The van der Waals surface area contributed by atoms with E-state index >= 15 is 0 Å². The van der Waals surface area contributed by atoms with Crippen LogP contribution in [-0.2, 0) is 4.79 Å². The van der Waals surface area contributed by atoms with Gasteiger partial charge in [-0.2, -0.15) is 0 Å². The fraction of sp³-hybridized carbons (Fsp3) is 0.417. The van der Waals surface area contributed by atoms with Gasteiger partial charge in [-0.1, -0.05) is 6.92 Å². The van der Waals surface area contributed by atoms with Crippen molar-refractivity contribution in [2.45, 2.75) is 19.4 Å². The van der Waals surface area contributed by atoms with Crippen LogP contribution in [0.2, 0.25) is 0 Å². The average molecular weight is 268 g/mol. The molecule has 0 amide bonds. The van der Waals surface area contributed by atoms with Crippen LogP contribution < -0.4 is 9.64 Å². The van der Waals surface area contributed by atoms with Gasteiger partial charge in [0.1, 0.15) is 6.04 Å². The molecule has 0 aliphatic carbocycles. The molecule has 1 aromatic rings. The Morgan fingerprint density at radius 2 is 2.21 bits per heavy atom. The molecule has 0 fully saturated rings. The number of ether oxygens (including phenoxy) is 1. The molecule has 7 nitrogen and oxygen atoms in total. The second-order valence-electron chi connectivity index (χ2n) is 3.99. The molecule has 1 atom stereocenters. The van der Waals surface area contributed by atoms with Crippen LogP contribution in [0.1, 0.15) is 13.3 Å². The number of aliphatic carboxylic acids is 1. The minimum absolute atomic E-state index is 0.106. The van der Waals surface area contributed by atoms with Gasteiger partial charge in [-0.3, -0.25) is 10.1 Å². The maximum Gasteiger partial charge on any atom is 0.326 e. The highest BCUT2D eigenvalue weighted by atomic mass is 16.6. The minimum atomic E-state index is -0.942. The summed E-state index contributed by atoms with van der Waals surface area (Å²) in [6.45, 7) is 1.76. The van der Waals surface area contributed by atoms with Crippen LogP contribution in [0.4, 0.5) is 11.4 Å². The van der Waals surface area contributed by atoms with Gasteiger partial charge in [-0.15, -0.1) is 0 Å². The third kappa shape index (κ3) is 3.12. The van der Waals surface area contributed by atoms with E-state index in [1.807, 2.05) is 0 Å². The van der Waals surface area contributed by atoms with Crippen molar-refractivity contribution >= 4 is 17.3 Å². The van der Waals surface area contributed by atoms with Crippen LogP contribution in [0.15, 0.2) is 18.2 Å². The summed E-state index contributed by atoms with van der Waals surface area (Å²) in [6, 6.07) is 3.58.